The summed E-state index contributed by atoms with van der Waals surface area (Å²) in [6.45, 7) is 8.29. The van der Waals surface area contributed by atoms with Gasteiger partial charge in [-0.2, -0.15) is 0 Å². The van der Waals surface area contributed by atoms with E-state index in [0.717, 1.165) is 17.7 Å². The lowest BCUT2D eigenvalue weighted by Gasteiger charge is -2.16. The van der Waals surface area contributed by atoms with Gasteiger partial charge in [-0.1, -0.05) is 45.0 Å². The fourth-order valence-electron chi connectivity index (χ4n) is 2.47. The van der Waals surface area contributed by atoms with Gasteiger partial charge in [-0.05, 0) is 61.3 Å². The Bertz CT molecular complexity index is 774. The third-order valence-electron chi connectivity index (χ3n) is 4.07. The number of amides is 1. The standard InChI is InChI=1S/C21H26N2O2S/c1-5-15(4)25-17-10-8-9-16(13-17)20(24)23-21(26)22-19-12-7-6-11-18(19)14(2)3/h6-15H,5H2,1-4H3,(H2,22,23,24,26). The van der Waals surface area contributed by atoms with Crippen LogP contribution in [-0.4, -0.2) is 17.1 Å². The lowest BCUT2D eigenvalue weighted by Crippen LogP contribution is -2.34. The number of nitrogens with one attached hydrogen (secondary N) is 2. The zero-order valence-electron chi connectivity index (χ0n) is 15.7. The van der Waals surface area contributed by atoms with E-state index in [1.165, 1.54) is 0 Å². The van der Waals surface area contributed by atoms with Crippen molar-refractivity contribution in [2.24, 2.45) is 0 Å². The molecule has 0 spiro atoms. The van der Waals surface area contributed by atoms with Gasteiger partial charge in [0.05, 0.1) is 6.10 Å². The molecule has 4 nitrogen and oxygen atoms in total. The first-order valence-corrected chi connectivity index (χ1v) is 9.29. The number of thiocarbonyl (C=S) groups is 1. The molecule has 0 saturated heterocycles. The predicted octanol–water partition coefficient (Wildman–Crippen LogP) is 5.11. The van der Waals surface area contributed by atoms with Gasteiger partial charge in [0, 0.05) is 11.3 Å². The van der Waals surface area contributed by atoms with Gasteiger partial charge in [-0.15, -0.1) is 0 Å². The molecule has 2 aromatic rings. The van der Waals surface area contributed by atoms with E-state index >= 15 is 0 Å². The molecule has 138 valence electrons. The summed E-state index contributed by atoms with van der Waals surface area (Å²) in [7, 11) is 0. The van der Waals surface area contributed by atoms with Crippen LogP contribution < -0.4 is 15.4 Å². The van der Waals surface area contributed by atoms with Gasteiger partial charge in [0.15, 0.2) is 5.11 Å². The van der Waals surface area contributed by atoms with Crippen molar-refractivity contribution in [3.8, 4) is 5.75 Å². The van der Waals surface area contributed by atoms with Crippen molar-refractivity contribution in [1.29, 1.82) is 0 Å². The highest BCUT2D eigenvalue weighted by atomic mass is 32.1. The minimum Gasteiger partial charge on any atom is -0.491 e. The van der Waals surface area contributed by atoms with Crippen LogP contribution in [-0.2, 0) is 0 Å². The second-order valence-electron chi connectivity index (χ2n) is 6.51. The average Bonchev–Trinajstić information content (AvgIpc) is 2.62. The molecule has 0 aliphatic heterocycles. The van der Waals surface area contributed by atoms with Gasteiger partial charge in [0.1, 0.15) is 5.75 Å². The third kappa shape index (κ3) is 5.56. The topological polar surface area (TPSA) is 50.4 Å². The van der Waals surface area contributed by atoms with Gasteiger partial charge in [-0.3, -0.25) is 10.1 Å². The lowest BCUT2D eigenvalue weighted by molar-refractivity contribution is 0.0977. The maximum absolute atomic E-state index is 12.5. The number of rotatable bonds is 6. The van der Waals surface area contributed by atoms with Gasteiger partial charge in [0.25, 0.3) is 5.91 Å². The molecular formula is C21H26N2O2S. The number of anilines is 1. The predicted molar refractivity (Wildman–Crippen MR) is 111 cm³/mol. The Balaban J connectivity index is 2.04. The maximum Gasteiger partial charge on any atom is 0.257 e. The SMILES string of the molecule is CCC(C)Oc1cccc(C(=O)NC(=S)Nc2ccccc2C(C)C)c1. The third-order valence-corrected chi connectivity index (χ3v) is 4.27. The van der Waals surface area contributed by atoms with Gasteiger partial charge < -0.3 is 10.1 Å². The van der Waals surface area contributed by atoms with E-state index < -0.39 is 0 Å². The molecule has 0 heterocycles. The van der Waals surface area contributed by atoms with Crippen molar-refractivity contribution in [2.75, 3.05) is 5.32 Å². The molecular weight excluding hydrogens is 344 g/mol. The van der Waals surface area contributed by atoms with Crippen LogP contribution in [0.4, 0.5) is 5.69 Å². The molecule has 0 aliphatic rings. The largest absolute Gasteiger partial charge is 0.491 e. The van der Waals surface area contributed by atoms with Crippen molar-refractivity contribution in [3.63, 3.8) is 0 Å². The van der Waals surface area contributed by atoms with E-state index in [9.17, 15) is 4.79 Å². The number of carbonyl (C=O) groups is 1. The van der Waals surface area contributed by atoms with E-state index in [0.29, 0.717) is 17.2 Å². The van der Waals surface area contributed by atoms with Crippen LogP contribution >= 0.6 is 12.2 Å². The molecule has 2 N–H and O–H groups in total. The number of carbonyl (C=O) groups excluding carboxylic acids is 1. The van der Waals surface area contributed by atoms with Crippen LogP contribution in [0.2, 0.25) is 0 Å². The van der Waals surface area contributed by atoms with Crippen LogP contribution in [0.15, 0.2) is 48.5 Å². The highest BCUT2D eigenvalue weighted by Gasteiger charge is 2.12. The summed E-state index contributed by atoms with van der Waals surface area (Å²) in [5.74, 6) is 0.766. The Kier molecular flexibility index (Phi) is 7.16. The highest BCUT2D eigenvalue weighted by molar-refractivity contribution is 7.80. The summed E-state index contributed by atoms with van der Waals surface area (Å²) in [5, 5.41) is 6.12. The fourth-order valence-corrected chi connectivity index (χ4v) is 2.67. The molecule has 0 saturated carbocycles. The smallest absolute Gasteiger partial charge is 0.257 e. The van der Waals surface area contributed by atoms with E-state index in [-0.39, 0.29) is 17.1 Å². The number of hydrogen-bond acceptors (Lipinski definition) is 3. The molecule has 0 bridgehead atoms. The molecule has 0 aliphatic carbocycles. The number of para-hydroxylation sites is 1. The average molecular weight is 371 g/mol. The minimum atomic E-state index is -0.265. The molecule has 26 heavy (non-hydrogen) atoms. The van der Waals surface area contributed by atoms with Crippen molar-refractivity contribution in [2.45, 2.75) is 46.1 Å². The van der Waals surface area contributed by atoms with Crippen molar-refractivity contribution >= 4 is 28.9 Å². The van der Waals surface area contributed by atoms with E-state index in [2.05, 4.69) is 31.4 Å². The molecule has 1 amide bonds. The monoisotopic (exact) mass is 370 g/mol. The van der Waals surface area contributed by atoms with E-state index in [1.54, 1.807) is 18.2 Å². The highest BCUT2D eigenvalue weighted by Crippen LogP contribution is 2.23. The summed E-state index contributed by atoms with van der Waals surface area (Å²) in [4.78, 5) is 12.5. The molecule has 0 radical (unpaired) electrons. The van der Waals surface area contributed by atoms with Crippen molar-refractivity contribution in [3.05, 3.63) is 59.7 Å². The lowest BCUT2D eigenvalue weighted by atomic mass is 10.0. The quantitative estimate of drug-likeness (QED) is 0.694. The molecule has 2 rings (SSSR count). The minimum absolute atomic E-state index is 0.101. The summed E-state index contributed by atoms with van der Waals surface area (Å²) in [6.07, 6.45) is 1.00. The molecule has 0 aromatic heterocycles. The summed E-state index contributed by atoms with van der Waals surface area (Å²) in [5.41, 5.74) is 2.56. The van der Waals surface area contributed by atoms with Gasteiger partial charge in [-0.25, -0.2) is 0 Å². The Morgan fingerprint density at radius 1 is 1.12 bits per heavy atom. The summed E-state index contributed by atoms with van der Waals surface area (Å²) < 4.78 is 5.77. The molecule has 1 atom stereocenters. The molecule has 5 heteroatoms. The summed E-state index contributed by atoms with van der Waals surface area (Å²) >= 11 is 5.31. The van der Waals surface area contributed by atoms with E-state index in [1.807, 2.05) is 37.3 Å². The van der Waals surface area contributed by atoms with Gasteiger partial charge in [0.2, 0.25) is 0 Å². The van der Waals surface area contributed by atoms with Crippen LogP contribution in [0.1, 0.15) is 56.0 Å². The Labute approximate surface area is 161 Å². The maximum atomic E-state index is 12.5. The van der Waals surface area contributed by atoms with Crippen LogP contribution in [0, 0.1) is 0 Å². The van der Waals surface area contributed by atoms with Gasteiger partial charge >= 0.3 is 0 Å². The van der Waals surface area contributed by atoms with Crippen molar-refractivity contribution < 1.29 is 9.53 Å². The first-order valence-electron chi connectivity index (χ1n) is 8.88. The fraction of sp³-hybridized carbons (Fsp3) is 0.333. The Morgan fingerprint density at radius 2 is 1.85 bits per heavy atom. The van der Waals surface area contributed by atoms with Crippen molar-refractivity contribution in [1.82, 2.24) is 5.32 Å². The second kappa shape index (κ2) is 9.34. The Hall–Kier alpha value is -2.40. The number of hydrogen-bond donors (Lipinski definition) is 2. The van der Waals surface area contributed by atoms with Crippen LogP contribution in [0.3, 0.4) is 0 Å². The number of ether oxygens (including phenoxy) is 1. The van der Waals surface area contributed by atoms with Crippen LogP contribution in [0.25, 0.3) is 0 Å². The normalized spacial score (nSPS) is 11.7. The molecule has 2 aromatic carbocycles. The first-order chi connectivity index (χ1) is 12.4. The molecule has 1 unspecified atom stereocenters. The second-order valence-corrected chi connectivity index (χ2v) is 6.92. The first kappa shape index (κ1) is 19.9. The Morgan fingerprint density at radius 3 is 2.54 bits per heavy atom. The summed E-state index contributed by atoms with van der Waals surface area (Å²) in [6, 6.07) is 15.0. The molecule has 0 fully saturated rings. The zero-order valence-corrected chi connectivity index (χ0v) is 16.5. The zero-order chi connectivity index (χ0) is 19.1. The van der Waals surface area contributed by atoms with E-state index in [4.69, 9.17) is 17.0 Å². The number of benzene rings is 2. The van der Waals surface area contributed by atoms with Crippen LogP contribution in [0.5, 0.6) is 5.75 Å².